The molecule has 0 unspecified atom stereocenters. The summed E-state index contributed by atoms with van der Waals surface area (Å²) in [5.41, 5.74) is 1.38. The van der Waals surface area contributed by atoms with Crippen molar-refractivity contribution in [1.29, 1.82) is 0 Å². The summed E-state index contributed by atoms with van der Waals surface area (Å²) in [5.74, 6) is 0.418. The molecule has 2 aromatic carbocycles. The Kier molecular flexibility index (Phi) is 5.49. The fourth-order valence-corrected chi connectivity index (χ4v) is 2.78. The van der Waals surface area contributed by atoms with Gasteiger partial charge in [0.1, 0.15) is 12.4 Å². The van der Waals surface area contributed by atoms with Crippen LogP contribution < -0.4 is 10.3 Å². The largest absolute Gasteiger partial charge is 0.494 e. The lowest BCUT2D eigenvalue weighted by Gasteiger charge is -2.09. The molecule has 1 N–H and O–H groups in total. The van der Waals surface area contributed by atoms with Crippen LogP contribution in [0.3, 0.4) is 0 Å². The number of aliphatic hydroxyl groups excluding tert-OH is 1. The molecule has 0 radical (unpaired) electrons. The Morgan fingerprint density at radius 1 is 1.12 bits per heavy atom. The molecule has 0 spiro atoms. The maximum absolute atomic E-state index is 12.6. The monoisotopic (exact) mass is 351 g/mol. The van der Waals surface area contributed by atoms with Gasteiger partial charge in [0.05, 0.1) is 6.61 Å². The highest BCUT2D eigenvalue weighted by Gasteiger charge is 2.08. The summed E-state index contributed by atoms with van der Waals surface area (Å²) < 4.78 is 7.31. The van der Waals surface area contributed by atoms with Crippen molar-refractivity contribution >= 4 is 16.6 Å². The molecule has 5 heteroatoms. The summed E-state index contributed by atoms with van der Waals surface area (Å²) in [4.78, 5) is 24.3. The first kappa shape index (κ1) is 17.9. The minimum absolute atomic E-state index is 0.148. The van der Waals surface area contributed by atoms with Gasteiger partial charge in [-0.25, -0.2) is 0 Å². The van der Waals surface area contributed by atoms with Crippen LogP contribution in [0.25, 0.3) is 10.8 Å². The quantitative estimate of drug-likeness (QED) is 0.525. The summed E-state index contributed by atoms with van der Waals surface area (Å²) in [6, 6.07) is 14.6. The normalized spacial score (nSPS) is 10.8. The predicted octanol–water partition coefficient (Wildman–Crippen LogP) is 2.95. The molecular weight excluding hydrogens is 330 g/mol. The average Bonchev–Trinajstić information content (AvgIpc) is 2.67. The van der Waals surface area contributed by atoms with E-state index in [1.54, 1.807) is 29.0 Å². The maximum Gasteiger partial charge on any atom is 0.258 e. The Morgan fingerprint density at radius 3 is 2.62 bits per heavy atom. The molecule has 26 heavy (non-hydrogen) atoms. The summed E-state index contributed by atoms with van der Waals surface area (Å²) in [6.45, 7) is 2.49. The van der Waals surface area contributed by atoms with Crippen molar-refractivity contribution in [2.75, 3.05) is 13.2 Å². The standard InChI is InChI=1S/C21H21NO4/c1-15-3-7-18(8-4-15)26-12-2-10-22-11-9-16-5-6-17(20(24)14-23)13-19(16)21(22)25/h3-9,11,13,23H,2,10,12,14H2,1H3. The number of aryl methyl sites for hydroxylation is 2. The van der Waals surface area contributed by atoms with Gasteiger partial charge in [-0.1, -0.05) is 29.8 Å². The lowest BCUT2D eigenvalue weighted by atomic mass is 10.1. The van der Waals surface area contributed by atoms with Crippen LogP contribution in [0.1, 0.15) is 22.3 Å². The van der Waals surface area contributed by atoms with E-state index in [9.17, 15) is 9.59 Å². The number of ether oxygens (including phenoxy) is 1. The smallest absolute Gasteiger partial charge is 0.258 e. The van der Waals surface area contributed by atoms with Gasteiger partial charge >= 0.3 is 0 Å². The number of aromatic nitrogens is 1. The van der Waals surface area contributed by atoms with Gasteiger partial charge in [0.25, 0.3) is 5.56 Å². The van der Waals surface area contributed by atoms with E-state index in [0.717, 1.165) is 11.1 Å². The van der Waals surface area contributed by atoms with Gasteiger partial charge in [-0.2, -0.15) is 0 Å². The zero-order valence-corrected chi connectivity index (χ0v) is 14.6. The minimum atomic E-state index is -0.567. The molecular formula is C21H21NO4. The number of aliphatic hydroxyl groups is 1. The van der Waals surface area contributed by atoms with Crippen molar-refractivity contribution in [1.82, 2.24) is 4.57 Å². The lowest BCUT2D eigenvalue weighted by molar-refractivity contribution is 0.0904. The van der Waals surface area contributed by atoms with E-state index in [1.807, 2.05) is 37.3 Å². The zero-order valence-electron chi connectivity index (χ0n) is 14.6. The van der Waals surface area contributed by atoms with Crippen LogP contribution in [0, 0.1) is 6.92 Å². The molecule has 3 aromatic rings. The second-order valence-corrected chi connectivity index (χ2v) is 6.21. The number of Topliss-reactive ketones (excluding diaryl/α,β-unsaturated/α-hetero) is 1. The number of ketones is 1. The fourth-order valence-electron chi connectivity index (χ4n) is 2.78. The average molecular weight is 351 g/mol. The first-order chi connectivity index (χ1) is 12.6. The highest BCUT2D eigenvalue weighted by Crippen LogP contribution is 2.14. The van der Waals surface area contributed by atoms with Crippen LogP contribution in [-0.4, -0.2) is 28.7 Å². The molecule has 0 atom stereocenters. The topological polar surface area (TPSA) is 68.5 Å². The molecule has 1 aromatic heterocycles. The van der Waals surface area contributed by atoms with Crippen molar-refractivity contribution in [3.05, 3.63) is 76.2 Å². The highest BCUT2D eigenvalue weighted by molar-refractivity contribution is 6.00. The number of fused-ring (bicyclic) bond motifs is 1. The molecule has 3 rings (SSSR count). The Morgan fingerprint density at radius 2 is 1.88 bits per heavy atom. The van der Waals surface area contributed by atoms with Crippen molar-refractivity contribution in [3.8, 4) is 5.75 Å². The molecule has 0 aliphatic carbocycles. The number of nitrogens with zero attached hydrogens (tertiary/aromatic N) is 1. The third kappa shape index (κ3) is 4.00. The number of carbonyl (C=O) groups excluding carboxylic acids is 1. The molecule has 0 aliphatic heterocycles. The molecule has 0 saturated carbocycles. The van der Waals surface area contributed by atoms with Gasteiger partial charge < -0.3 is 14.4 Å². The van der Waals surface area contributed by atoms with Crippen molar-refractivity contribution < 1.29 is 14.6 Å². The summed E-state index contributed by atoms with van der Waals surface area (Å²) in [6.07, 6.45) is 2.44. The maximum atomic E-state index is 12.6. The molecule has 0 aliphatic rings. The molecule has 0 saturated heterocycles. The number of carbonyl (C=O) groups is 1. The SMILES string of the molecule is Cc1ccc(OCCCn2ccc3ccc(C(=O)CO)cc3c2=O)cc1. The van der Waals surface area contributed by atoms with E-state index in [-0.39, 0.29) is 5.56 Å². The number of benzene rings is 2. The van der Waals surface area contributed by atoms with E-state index in [2.05, 4.69) is 0 Å². The van der Waals surface area contributed by atoms with E-state index in [4.69, 9.17) is 9.84 Å². The highest BCUT2D eigenvalue weighted by atomic mass is 16.5. The minimum Gasteiger partial charge on any atom is -0.494 e. The third-order valence-corrected chi connectivity index (χ3v) is 4.28. The number of pyridine rings is 1. The predicted molar refractivity (Wildman–Crippen MR) is 101 cm³/mol. The second-order valence-electron chi connectivity index (χ2n) is 6.21. The van der Waals surface area contributed by atoms with Gasteiger partial charge in [0.2, 0.25) is 0 Å². The number of hydrogen-bond donors (Lipinski definition) is 1. The Labute approximate surface area is 151 Å². The first-order valence-corrected chi connectivity index (χ1v) is 8.55. The van der Waals surface area contributed by atoms with Crippen LogP contribution in [0.4, 0.5) is 0 Å². The summed E-state index contributed by atoms with van der Waals surface area (Å²) in [5, 5.41) is 10.2. The summed E-state index contributed by atoms with van der Waals surface area (Å²) in [7, 11) is 0. The van der Waals surface area contributed by atoms with Gasteiger partial charge in [-0.3, -0.25) is 9.59 Å². The molecule has 5 nitrogen and oxygen atoms in total. The van der Waals surface area contributed by atoms with Crippen LogP contribution >= 0.6 is 0 Å². The van der Waals surface area contributed by atoms with Crippen LogP contribution in [0.2, 0.25) is 0 Å². The van der Waals surface area contributed by atoms with Crippen LogP contribution in [-0.2, 0) is 6.54 Å². The summed E-state index contributed by atoms with van der Waals surface area (Å²) >= 11 is 0. The molecule has 134 valence electrons. The van der Waals surface area contributed by atoms with E-state index in [0.29, 0.717) is 30.5 Å². The molecule has 0 bridgehead atoms. The van der Waals surface area contributed by atoms with Gasteiger partial charge in [0.15, 0.2) is 5.78 Å². The van der Waals surface area contributed by atoms with Crippen LogP contribution in [0.5, 0.6) is 5.75 Å². The molecule has 0 fully saturated rings. The Balaban J connectivity index is 1.69. The van der Waals surface area contributed by atoms with Gasteiger partial charge in [-0.05, 0) is 43.0 Å². The Bertz CT molecular complexity index is 973. The number of hydrogen-bond acceptors (Lipinski definition) is 4. The Hall–Kier alpha value is -2.92. The zero-order chi connectivity index (χ0) is 18.5. The molecule has 0 amide bonds. The lowest BCUT2D eigenvalue weighted by Crippen LogP contribution is -2.21. The second kappa shape index (κ2) is 7.97. The van der Waals surface area contributed by atoms with E-state index < -0.39 is 12.4 Å². The van der Waals surface area contributed by atoms with Crippen molar-refractivity contribution in [3.63, 3.8) is 0 Å². The van der Waals surface area contributed by atoms with E-state index in [1.165, 1.54) is 5.56 Å². The molecule has 1 heterocycles. The van der Waals surface area contributed by atoms with Crippen LogP contribution in [0.15, 0.2) is 59.5 Å². The van der Waals surface area contributed by atoms with Gasteiger partial charge in [0, 0.05) is 23.7 Å². The first-order valence-electron chi connectivity index (χ1n) is 8.55. The number of rotatable bonds is 7. The third-order valence-electron chi connectivity index (χ3n) is 4.28. The fraction of sp³-hybridized carbons (Fsp3) is 0.238. The van der Waals surface area contributed by atoms with Crippen molar-refractivity contribution in [2.24, 2.45) is 0 Å². The van der Waals surface area contributed by atoms with E-state index >= 15 is 0 Å². The van der Waals surface area contributed by atoms with Crippen molar-refractivity contribution in [2.45, 2.75) is 19.9 Å². The van der Waals surface area contributed by atoms with Gasteiger partial charge in [-0.15, -0.1) is 0 Å².